The highest BCUT2D eigenvalue weighted by Gasteiger charge is 2.45. The van der Waals surface area contributed by atoms with Gasteiger partial charge in [-0.15, -0.1) is 0 Å². The van der Waals surface area contributed by atoms with Gasteiger partial charge in [0.15, 0.2) is 17.6 Å². The van der Waals surface area contributed by atoms with Crippen LogP contribution in [0.4, 0.5) is 0 Å². The molecule has 3 unspecified atom stereocenters. The van der Waals surface area contributed by atoms with Gasteiger partial charge >= 0.3 is 5.97 Å². The lowest BCUT2D eigenvalue weighted by atomic mass is 9.90. The van der Waals surface area contributed by atoms with Crippen LogP contribution in [-0.2, 0) is 9.53 Å². The number of aliphatic hydroxyl groups is 2. The third kappa shape index (κ3) is 5.09. The molecule has 8 heteroatoms. The first-order chi connectivity index (χ1) is 15.4. The number of benzene rings is 1. The Morgan fingerprint density at radius 3 is 2.94 bits per heavy atom. The second kappa shape index (κ2) is 9.94. The van der Waals surface area contributed by atoms with E-state index in [0.717, 1.165) is 19.3 Å². The lowest BCUT2D eigenvalue weighted by Crippen LogP contribution is -2.38. The summed E-state index contributed by atoms with van der Waals surface area (Å²) in [5.41, 5.74) is 1.24. The minimum Gasteiger partial charge on any atom is -0.497 e. The van der Waals surface area contributed by atoms with Crippen molar-refractivity contribution in [2.24, 2.45) is 17.8 Å². The summed E-state index contributed by atoms with van der Waals surface area (Å²) in [7, 11) is 1.58. The van der Waals surface area contributed by atoms with Crippen LogP contribution in [0.1, 0.15) is 19.3 Å². The lowest BCUT2D eigenvalue weighted by Gasteiger charge is -2.29. The maximum absolute atomic E-state index is 10.7. The molecule has 1 aliphatic heterocycles. The minimum absolute atomic E-state index is 0.0402. The quantitative estimate of drug-likeness (QED) is 0.411. The van der Waals surface area contributed by atoms with Gasteiger partial charge < -0.3 is 34.3 Å². The van der Waals surface area contributed by atoms with Gasteiger partial charge in [0.05, 0.1) is 19.8 Å². The molecule has 3 aliphatic rings. The zero-order valence-electron chi connectivity index (χ0n) is 18.1. The molecule has 32 heavy (non-hydrogen) atoms. The van der Waals surface area contributed by atoms with E-state index in [4.69, 9.17) is 24.1 Å². The third-order valence-electron chi connectivity index (χ3n) is 6.57. The van der Waals surface area contributed by atoms with Crippen molar-refractivity contribution in [3.05, 3.63) is 42.0 Å². The van der Waals surface area contributed by atoms with Gasteiger partial charge in [-0.05, 0) is 43.2 Å². The van der Waals surface area contributed by atoms with Crippen molar-refractivity contribution in [3.63, 3.8) is 0 Å². The minimum atomic E-state index is -0.978. The average molecular weight is 446 g/mol. The Morgan fingerprint density at radius 2 is 2.16 bits per heavy atom. The van der Waals surface area contributed by atoms with E-state index in [2.05, 4.69) is 0 Å². The number of ether oxygens (including phenoxy) is 4. The first kappa shape index (κ1) is 22.6. The molecule has 0 bridgehead atoms. The zero-order valence-corrected chi connectivity index (χ0v) is 18.1. The van der Waals surface area contributed by atoms with Crippen LogP contribution in [0.15, 0.2) is 42.0 Å². The molecule has 0 radical (unpaired) electrons. The van der Waals surface area contributed by atoms with Crippen LogP contribution < -0.4 is 14.2 Å². The summed E-state index contributed by atoms with van der Waals surface area (Å²) >= 11 is 0. The smallest absolute Gasteiger partial charge is 0.329 e. The molecule has 6 atom stereocenters. The Bertz CT molecular complexity index is 879. The molecular formula is C24H30O8. The number of methoxy groups -OCH3 is 1. The van der Waals surface area contributed by atoms with E-state index in [-0.39, 0.29) is 25.7 Å². The fourth-order valence-corrected chi connectivity index (χ4v) is 4.99. The molecule has 0 spiro atoms. The summed E-state index contributed by atoms with van der Waals surface area (Å²) in [4.78, 5) is 10.5. The molecule has 1 heterocycles. The Morgan fingerprint density at radius 1 is 1.31 bits per heavy atom. The third-order valence-corrected chi connectivity index (χ3v) is 6.57. The summed E-state index contributed by atoms with van der Waals surface area (Å²) in [5.74, 6) is 1.49. The van der Waals surface area contributed by atoms with Crippen molar-refractivity contribution >= 4 is 5.97 Å². The molecule has 1 aromatic rings. The molecule has 0 saturated heterocycles. The second-order valence-corrected chi connectivity index (χ2v) is 8.64. The van der Waals surface area contributed by atoms with Gasteiger partial charge in [-0.3, -0.25) is 0 Å². The molecule has 2 saturated carbocycles. The second-order valence-electron chi connectivity index (χ2n) is 8.64. The van der Waals surface area contributed by atoms with E-state index >= 15 is 0 Å². The summed E-state index contributed by atoms with van der Waals surface area (Å²) in [6.07, 6.45) is 6.21. The molecule has 4 rings (SSSR count). The van der Waals surface area contributed by atoms with Gasteiger partial charge in [0, 0.05) is 12.0 Å². The van der Waals surface area contributed by atoms with Crippen molar-refractivity contribution in [1.29, 1.82) is 0 Å². The monoisotopic (exact) mass is 446 g/mol. The van der Waals surface area contributed by atoms with Crippen LogP contribution in [0.25, 0.3) is 0 Å². The number of carbonyl (C=O) groups is 1. The number of hydrogen-bond acceptors (Lipinski definition) is 7. The van der Waals surface area contributed by atoms with Crippen molar-refractivity contribution in [2.75, 3.05) is 26.9 Å². The van der Waals surface area contributed by atoms with E-state index in [1.54, 1.807) is 31.4 Å². The highest BCUT2D eigenvalue weighted by molar-refractivity contribution is 5.68. The Balaban J connectivity index is 1.33. The molecule has 0 amide bonds. The normalized spacial score (nSPS) is 31.1. The number of carboxylic acids is 1. The largest absolute Gasteiger partial charge is 0.497 e. The molecule has 2 fully saturated rings. The van der Waals surface area contributed by atoms with Crippen LogP contribution in [-0.4, -0.2) is 66.5 Å². The summed E-state index contributed by atoms with van der Waals surface area (Å²) in [6, 6.07) is 5.29. The molecule has 8 nitrogen and oxygen atoms in total. The van der Waals surface area contributed by atoms with Crippen molar-refractivity contribution in [1.82, 2.24) is 0 Å². The van der Waals surface area contributed by atoms with Gasteiger partial charge in [0.1, 0.15) is 25.1 Å². The van der Waals surface area contributed by atoms with E-state index in [1.165, 1.54) is 5.57 Å². The van der Waals surface area contributed by atoms with Crippen molar-refractivity contribution < 1.29 is 39.1 Å². The van der Waals surface area contributed by atoms with Crippen LogP contribution in [0.3, 0.4) is 0 Å². The standard InChI is InChI=1S/C24H30O8/c1-29-16-2-5-21-22(11-16)31-12-23(32-21)19(25)4-3-17-18-9-14(6-7-30-13-24(27)28)8-15(18)10-20(17)26/h2-6,11,15,17-20,23,25-26H,7-10,12-13H2,1H3,(H,27,28)/b4-3+,14-6+/t15?,17-,18?,19-,20-,23?/m1/s1. The van der Waals surface area contributed by atoms with E-state index in [9.17, 15) is 15.0 Å². The van der Waals surface area contributed by atoms with Crippen LogP contribution in [0, 0.1) is 17.8 Å². The Labute approximate surface area is 187 Å². The van der Waals surface area contributed by atoms with Crippen LogP contribution in [0.2, 0.25) is 0 Å². The molecular weight excluding hydrogens is 416 g/mol. The topological polar surface area (TPSA) is 115 Å². The lowest BCUT2D eigenvalue weighted by molar-refractivity contribution is -0.141. The van der Waals surface area contributed by atoms with Gasteiger partial charge in [-0.25, -0.2) is 4.79 Å². The van der Waals surface area contributed by atoms with Gasteiger partial charge in [-0.1, -0.05) is 23.8 Å². The van der Waals surface area contributed by atoms with Crippen molar-refractivity contribution in [2.45, 2.75) is 37.6 Å². The number of aliphatic carboxylic acids is 1. The average Bonchev–Trinajstić information content (AvgIpc) is 3.30. The van der Waals surface area contributed by atoms with Gasteiger partial charge in [0.25, 0.3) is 0 Å². The summed E-state index contributed by atoms with van der Waals surface area (Å²) in [6.45, 7) is 0.201. The van der Waals surface area contributed by atoms with E-state index in [0.29, 0.717) is 29.1 Å². The van der Waals surface area contributed by atoms with E-state index in [1.807, 2.05) is 12.2 Å². The van der Waals surface area contributed by atoms with E-state index < -0.39 is 24.3 Å². The summed E-state index contributed by atoms with van der Waals surface area (Å²) < 4.78 is 21.9. The maximum Gasteiger partial charge on any atom is 0.329 e. The first-order valence-electron chi connectivity index (χ1n) is 10.9. The molecule has 174 valence electrons. The number of rotatable bonds is 8. The molecule has 3 N–H and O–H groups in total. The Hall–Kier alpha value is -2.55. The number of aliphatic hydroxyl groups excluding tert-OH is 2. The van der Waals surface area contributed by atoms with Gasteiger partial charge in [0.2, 0.25) is 0 Å². The number of fused-ring (bicyclic) bond motifs is 2. The first-order valence-corrected chi connectivity index (χ1v) is 10.9. The highest BCUT2D eigenvalue weighted by Crippen LogP contribution is 2.50. The number of hydrogen-bond donors (Lipinski definition) is 3. The number of allylic oxidation sites excluding steroid dienone is 1. The fourth-order valence-electron chi connectivity index (χ4n) is 4.99. The molecule has 1 aromatic carbocycles. The maximum atomic E-state index is 10.7. The predicted molar refractivity (Wildman–Crippen MR) is 115 cm³/mol. The fraction of sp³-hybridized carbons (Fsp3) is 0.542. The Kier molecular flexibility index (Phi) is 7.03. The summed E-state index contributed by atoms with van der Waals surface area (Å²) in [5, 5.41) is 29.8. The van der Waals surface area contributed by atoms with Crippen LogP contribution >= 0.6 is 0 Å². The number of carboxylic acid groups (broad SMARTS) is 1. The predicted octanol–water partition coefficient (Wildman–Crippen LogP) is 2.19. The molecule has 0 aromatic heterocycles. The SMILES string of the molecule is COc1ccc2c(c1)OCC([C@H](O)/C=C/[C@@H]1C3C/C(=C/COCC(=O)O)CC3C[C@H]1O)O2. The van der Waals surface area contributed by atoms with Crippen molar-refractivity contribution in [3.8, 4) is 17.2 Å². The highest BCUT2D eigenvalue weighted by atomic mass is 16.6. The van der Waals surface area contributed by atoms with Crippen LogP contribution in [0.5, 0.6) is 17.2 Å². The zero-order chi connectivity index (χ0) is 22.7. The van der Waals surface area contributed by atoms with Gasteiger partial charge in [-0.2, -0.15) is 0 Å². The molecule has 2 aliphatic carbocycles.